The van der Waals surface area contributed by atoms with Crippen molar-refractivity contribution in [1.29, 1.82) is 0 Å². The fourth-order valence-corrected chi connectivity index (χ4v) is 4.65. The number of pyridine rings is 1. The van der Waals surface area contributed by atoms with E-state index in [-0.39, 0.29) is 5.56 Å². The Morgan fingerprint density at radius 2 is 1.79 bits per heavy atom. The van der Waals surface area contributed by atoms with E-state index < -0.39 is 0 Å². The molecule has 4 aromatic rings. The third-order valence-electron chi connectivity index (χ3n) is 6.82. The average Bonchev–Trinajstić information content (AvgIpc) is 3.13. The number of hydrogen-bond donors (Lipinski definition) is 2. The van der Waals surface area contributed by atoms with Crippen LogP contribution >= 0.6 is 0 Å². The molecule has 8 heteroatoms. The number of nitrogen functional groups attached to an aromatic ring is 1. The normalized spacial score (nSPS) is 15.0. The highest BCUT2D eigenvalue weighted by atomic mass is 16.1. The van der Waals surface area contributed by atoms with Gasteiger partial charge in [-0.05, 0) is 57.0 Å². The summed E-state index contributed by atoms with van der Waals surface area (Å²) in [6.45, 7) is 9.00. The minimum absolute atomic E-state index is 0.204. The first-order valence-electron chi connectivity index (χ1n) is 11.7. The number of piperazine rings is 1. The molecule has 4 heterocycles. The first-order valence-corrected chi connectivity index (χ1v) is 11.7. The molecule has 33 heavy (non-hydrogen) atoms. The summed E-state index contributed by atoms with van der Waals surface area (Å²) in [5.41, 5.74) is 4.06. The lowest BCUT2D eigenvalue weighted by molar-refractivity contribution is 0.252. The van der Waals surface area contributed by atoms with E-state index in [1.165, 1.54) is 10.1 Å². The van der Waals surface area contributed by atoms with Crippen LogP contribution in [0.25, 0.3) is 21.9 Å². The van der Waals surface area contributed by atoms with E-state index in [4.69, 9.17) is 10.8 Å². The smallest absolute Gasteiger partial charge is 0.296 e. The Kier molecular flexibility index (Phi) is 5.76. The fraction of sp³-hybridized carbons (Fsp3) is 0.400. The number of benzene rings is 1. The van der Waals surface area contributed by atoms with Gasteiger partial charge < -0.3 is 15.7 Å². The molecule has 1 aliphatic rings. The number of aromatic nitrogens is 4. The molecule has 0 amide bonds. The van der Waals surface area contributed by atoms with Crippen LogP contribution in [0.3, 0.4) is 0 Å². The number of H-pyrrole nitrogens is 1. The van der Waals surface area contributed by atoms with Gasteiger partial charge in [-0.15, -0.1) is 0 Å². The number of fused-ring (bicyclic) bond motifs is 2. The molecule has 1 saturated heterocycles. The number of nitrogens with two attached hydrogens (primary N) is 1. The third-order valence-corrected chi connectivity index (χ3v) is 6.82. The number of anilines is 1. The lowest BCUT2D eigenvalue weighted by Crippen LogP contribution is -2.46. The van der Waals surface area contributed by atoms with Gasteiger partial charge in [0.1, 0.15) is 17.2 Å². The minimum atomic E-state index is -0.204. The quantitative estimate of drug-likeness (QED) is 0.350. The number of nitrogens with one attached hydrogen (secondary N) is 1. The van der Waals surface area contributed by atoms with Crippen molar-refractivity contribution in [2.24, 2.45) is 0 Å². The van der Waals surface area contributed by atoms with Crippen LogP contribution in [0.5, 0.6) is 0 Å². The summed E-state index contributed by atoms with van der Waals surface area (Å²) in [5, 5.41) is 1.18. The van der Waals surface area contributed by atoms with Gasteiger partial charge in [0.25, 0.3) is 5.56 Å². The summed E-state index contributed by atoms with van der Waals surface area (Å²) in [5.74, 6) is 7.75. The lowest BCUT2D eigenvalue weighted by atomic mass is 10.2. The van der Waals surface area contributed by atoms with E-state index in [2.05, 4.69) is 44.0 Å². The van der Waals surface area contributed by atoms with Gasteiger partial charge in [-0.1, -0.05) is 18.2 Å². The van der Waals surface area contributed by atoms with Gasteiger partial charge in [0.15, 0.2) is 0 Å². The van der Waals surface area contributed by atoms with Crippen LogP contribution in [-0.2, 0) is 6.42 Å². The SMILES string of the molecule is Cc1[nH]c2c(=O)n(N)c(CCCCN3CCN(c4ccc5ccccc5n4)CC3)nc2c1C. The third kappa shape index (κ3) is 4.18. The molecule has 3 aromatic heterocycles. The average molecular weight is 446 g/mol. The number of hydrogen-bond acceptors (Lipinski definition) is 6. The van der Waals surface area contributed by atoms with E-state index in [1.54, 1.807) is 0 Å². The second-order valence-electron chi connectivity index (χ2n) is 8.95. The summed E-state index contributed by atoms with van der Waals surface area (Å²) < 4.78 is 1.20. The Labute approximate surface area is 193 Å². The van der Waals surface area contributed by atoms with Crippen molar-refractivity contribution in [3.63, 3.8) is 0 Å². The summed E-state index contributed by atoms with van der Waals surface area (Å²) in [6, 6.07) is 12.5. The van der Waals surface area contributed by atoms with Crippen LogP contribution < -0.4 is 16.3 Å². The first-order chi connectivity index (χ1) is 16.0. The summed E-state index contributed by atoms with van der Waals surface area (Å²) in [6.07, 6.45) is 2.70. The van der Waals surface area contributed by atoms with Crippen molar-refractivity contribution in [3.8, 4) is 0 Å². The van der Waals surface area contributed by atoms with Gasteiger partial charge in [0.05, 0.1) is 11.0 Å². The number of para-hydroxylation sites is 1. The van der Waals surface area contributed by atoms with Crippen LogP contribution in [0.15, 0.2) is 41.2 Å². The summed E-state index contributed by atoms with van der Waals surface area (Å²) in [4.78, 5) is 30.1. The van der Waals surface area contributed by atoms with E-state index in [9.17, 15) is 4.79 Å². The predicted molar refractivity (Wildman–Crippen MR) is 133 cm³/mol. The molecule has 3 N–H and O–H groups in total. The number of aryl methyl sites for hydroxylation is 3. The molecule has 0 unspecified atom stereocenters. The highest BCUT2D eigenvalue weighted by molar-refractivity contribution is 5.80. The number of nitrogens with zero attached hydrogens (tertiary/aromatic N) is 5. The van der Waals surface area contributed by atoms with E-state index >= 15 is 0 Å². The zero-order valence-corrected chi connectivity index (χ0v) is 19.3. The molecule has 0 bridgehead atoms. The Bertz CT molecular complexity index is 1350. The molecule has 1 fully saturated rings. The summed E-state index contributed by atoms with van der Waals surface area (Å²) in [7, 11) is 0. The predicted octanol–water partition coefficient (Wildman–Crippen LogP) is 2.75. The fourth-order valence-electron chi connectivity index (χ4n) is 4.65. The maximum Gasteiger partial charge on any atom is 0.296 e. The molecule has 1 aromatic carbocycles. The topological polar surface area (TPSA) is 96.1 Å². The Morgan fingerprint density at radius 1 is 1.00 bits per heavy atom. The van der Waals surface area contributed by atoms with E-state index in [1.807, 2.05) is 26.0 Å². The Balaban J connectivity index is 1.13. The molecule has 5 rings (SSSR count). The van der Waals surface area contributed by atoms with E-state index in [0.717, 1.165) is 73.7 Å². The van der Waals surface area contributed by atoms with Crippen molar-refractivity contribution in [1.82, 2.24) is 24.5 Å². The van der Waals surface area contributed by atoms with Crippen molar-refractivity contribution in [2.45, 2.75) is 33.1 Å². The van der Waals surface area contributed by atoms with Crippen LogP contribution in [0.2, 0.25) is 0 Å². The Hall–Kier alpha value is -3.39. The number of aromatic amines is 1. The van der Waals surface area contributed by atoms with Crippen molar-refractivity contribution < 1.29 is 0 Å². The molecular formula is C25H31N7O. The molecule has 0 spiro atoms. The molecule has 0 radical (unpaired) electrons. The highest BCUT2D eigenvalue weighted by Gasteiger charge is 2.18. The van der Waals surface area contributed by atoms with Gasteiger partial charge in [-0.3, -0.25) is 9.69 Å². The van der Waals surface area contributed by atoms with Gasteiger partial charge in [-0.25, -0.2) is 14.6 Å². The van der Waals surface area contributed by atoms with Crippen LogP contribution in [0, 0.1) is 13.8 Å². The van der Waals surface area contributed by atoms with Crippen LogP contribution in [-0.4, -0.2) is 57.3 Å². The van der Waals surface area contributed by atoms with Crippen molar-refractivity contribution >= 4 is 27.8 Å². The van der Waals surface area contributed by atoms with Gasteiger partial charge >= 0.3 is 0 Å². The number of unbranched alkanes of at least 4 members (excludes halogenated alkanes) is 1. The molecule has 172 valence electrons. The van der Waals surface area contributed by atoms with Gasteiger partial charge in [0.2, 0.25) is 0 Å². The second kappa shape index (κ2) is 8.86. The zero-order valence-electron chi connectivity index (χ0n) is 19.3. The van der Waals surface area contributed by atoms with Crippen LogP contribution in [0.1, 0.15) is 29.9 Å². The minimum Gasteiger partial charge on any atom is -0.354 e. The zero-order chi connectivity index (χ0) is 22.9. The van der Waals surface area contributed by atoms with Crippen LogP contribution in [0.4, 0.5) is 5.82 Å². The molecule has 0 atom stereocenters. The van der Waals surface area contributed by atoms with E-state index in [0.29, 0.717) is 17.8 Å². The first kappa shape index (κ1) is 21.5. The van der Waals surface area contributed by atoms with Crippen molar-refractivity contribution in [2.75, 3.05) is 43.5 Å². The highest BCUT2D eigenvalue weighted by Crippen LogP contribution is 2.20. The molecule has 0 aliphatic carbocycles. The molecule has 1 aliphatic heterocycles. The number of rotatable bonds is 6. The largest absolute Gasteiger partial charge is 0.354 e. The standard InChI is InChI=1S/C25H31N7O/c1-17-18(2)27-24-23(17)29-22(32(26)25(24)33)9-5-6-12-30-13-15-31(16-14-30)21-11-10-19-7-3-4-8-20(19)28-21/h3-4,7-8,10-11,27H,5-6,9,12-16,26H2,1-2H3. The lowest BCUT2D eigenvalue weighted by Gasteiger charge is -2.35. The maximum absolute atomic E-state index is 12.6. The molecule has 0 saturated carbocycles. The monoisotopic (exact) mass is 445 g/mol. The van der Waals surface area contributed by atoms with Crippen molar-refractivity contribution in [3.05, 3.63) is 63.8 Å². The second-order valence-corrected chi connectivity index (χ2v) is 8.95. The maximum atomic E-state index is 12.6. The molecular weight excluding hydrogens is 414 g/mol. The van der Waals surface area contributed by atoms with Gasteiger partial charge in [0, 0.05) is 43.7 Å². The van der Waals surface area contributed by atoms with Gasteiger partial charge in [-0.2, -0.15) is 0 Å². The summed E-state index contributed by atoms with van der Waals surface area (Å²) >= 11 is 0. The Morgan fingerprint density at radius 3 is 2.61 bits per heavy atom. The molecule has 8 nitrogen and oxygen atoms in total.